The summed E-state index contributed by atoms with van der Waals surface area (Å²) in [5.74, 6) is 0. The standard InChI is InChI=1S/C11H12N2/c1-9-5-3-4-6-11(9)13-10(2)7-8-12/h3-7,13H,1-2H3/b10-7-. The van der Waals surface area contributed by atoms with Crippen molar-refractivity contribution in [1.29, 1.82) is 5.26 Å². The Kier molecular flexibility index (Phi) is 3.10. The third kappa shape index (κ3) is 2.64. The molecule has 0 fully saturated rings. The van der Waals surface area contributed by atoms with Gasteiger partial charge in [-0.25, -0.2) is 0 Å². The molecular weight excluding hydrogens is 160 g/mol. The van der Waals surface area contributed by atoms with Crippen molar-refractivity contribution in [2.24, 2.45) is 0 Å². The Hall–Kier alpha value is -1.75. The van der Waals surface area contributed by atoms with Crippen molar-refractivity contribution in [2.45, 2.75) is 13.8 Å². The molecule has 1 aromatic rings. The summed E-state index contributed by atoms with van der Waals surface area (Å²) in [6.07, 6.45) is 1.49. The number of anilines is 1. The average molecular weight is 172 g/mol. The van der Waals surface area contributed by atoms with Gasteiger partial charge >= 0.3 is 0 Å². The van der Waals surface area contributed by atoms with Crippen LogP contribution in [-0.2, 0) is 0 Å². The van der Waals surface area contributed by atoms with Gasteiger partial charge in [-0.15, -0.1) is 0 Å². The van der Waals surface area contributed by atoms with E-state index in [9.17, 15) is 0 Å². The zero-order valence-electron chi connectivity index (χ0n) is 7.83. The molecule has 0 aliphatic carbocycles. The molecule has 0 aromatic heterocycles. The van der Waals surface area contributed by atoms with E-state index in [4.69, 9.17) is 5.26 Å². The number of hydrogen-bond acceptors (Lipinski definition) is 2. The van der Waals surface area contributed by atoms with Gasteiger partial charge in [0.2, 0.25) is 0 Å². The number of benzene rings is 1. The average Bonchev–Trinajstić information content (AvgIpc) is 2.09. The fraction of sp³-hybridized carbons (Fsp3) is 0.182. The van der Waals surface area contributed by atoms with E-state index in [1.54, 1.807) is 0 Å². The molecule has 66 valence electrons. The van der Waals surface area contributed by atoms with E-state index in [2.05, 4.69) is 5.32 Å². The molecule has 1 N–H and O–H groups in total. The van der Waals surface area contributed by atoms with Crippen LogP contribution >= 0.6 is 0 Å². The van der Waals surface area contributed by atoms with Gasteiger partial charge in [0.25, 0.3) is 0 Å². The first-order chi connectivity index (χ1) is 6.24. The number of rotatable bonds is 2. The lowest BCUT2D eigenvalue weighted by atomic mass is 10.2. The van der Waals surface area contributed by atoms with E-state index in [-0.39, 0.29) is 0 Å². The molecule has 0 heterocycles. The second-order valence-corrected chi connectivity index (χ2v) is 2.90. The minimum Gasteiger partial charge on any atom is -0.358 e. The first-order valence-electron chi connectivity index (χ1n) is 4.13. The Bertz CT molecular complexity index is 359. The Morgan fingerprint density at radius 3 is 2.77 bits per heavy atom. The summed E-state index contributed by atoms with van der Waals surface area (Å²) in [4.78, 5) is 0. The number of nitrogens with one attached hydrogen (secondary N) is 1. The summed E-state index contributed by atoms with van der Waals surface area (Å²) >= 11 is 0. The molecule has 2 heteroatoms. The van der Waals surface area contributed by atoms with Crippen LogP contribution in [0.15, 0.2) is 36.0 Å². The number of allylic oxidation sites excluding steroid dienone is 2. The Morgan fingerprint density at radius 1 is 1.46 bits per heavy atom. The third-order valence-electron chi connectivity index (χ3n) is 1.76. The van der Waals surface area contributed by atoms with Crippen LogP contribution in [0.5, 0.6) is 0 Å². The molecular formula is C11H12N2. The molecule has 0 aliphatic heterocycles. The van der Waals surface area contributed by atoms with Crippen molar-refractivity contribution < 1.29 is 0 Å². The number of nitrogens with zero attached hydrogens (tertiary/aromatic N) is 1. The zero-order chi connectivity index (χ0) is 9.68. The van der Waals surface area contributed by atoms with Gasteiger partial charge in [0.1, 0.15) is 0 Å². The second-order valence-electron chi connectivity index (χ2n) is 2.90. The lowest BCUT2D eigenvalue weighted by molar-refractivity contribution is 1.33. The second kappa shape index (κ2) is 4.32. The lowest BCUT2D eigenvalue weighted by Crippen LogP contribution is -1.96. The maximum absolute atomic E-state index is 8.42. The van der Waals surface area contributed by atoms with Crippen LogP contribution in [0.3, 0.4) is 0 Å². The predicted octanol–water partition coefficient (Wildman–Crippen LogP) is 2.83. The molecule has 1 rings (SSSR count). The molecule has 0 spiro atoms. The molecule has 0 aliphatic rings. The van der Waals surface area contributed by atoms with Gasteiger partial charge in [0.15, 0.2) is 0 Å². The number of para-hydroxylation sites is 1. The molecule has 0 unspecified atom stereocenters. The van der Waals surface area contributed by atoms with E-state index < -0.39 is 0 Å². The van der Waals surface area contributed by atoms with Crippen molar-refractivity contribution in [3.8, 4) is 6.07 Å². The summed E-state index contributed by atoms with van der Waals surface area (Å²) < 4.78 is 0. The Labute approximate surface area is 78.5 Å². The van der Waals surface area contributed by atoms with Gasteiger partial charge in [-0.05, 0) is 25.5 Å². The fourth-order valence-corrected chi connectivity index (χ4v) is 1.06. The molecule has 0 bridgehead atoms. The molecule has 0 radical (unpaired) electrons. The normalized spacial score (nSPS) is 10.7. The lowest BCUT2D eigenvalue weighted by Gasteiger charge is -2.07. The van der Waals surface area contributed by atoms with Crippen molar-refractivity contribution in [2.75, 3.05) is 5.32 Å². The van der Waals surface area contributed by atoms with E-state index in [1.807, 2.05) is 44.2 Å². The van der Waals surface area contributed by atoms with Crippen LogP contribution in [0.2, 0.25) is 0 Å². The van der Waals surface area contributed by atoms with Crippen molar-refractivity contribution in [1.82, 2.24) is 0 Å². The molecule has 0 saturated heterocycles. The summed E-state index contributed by atoms with van der Waals surface area (Å²) in [7, 11) is 0. The first kappa shape index (κ1) is 9.34. The van der Waals surface area contributed by atoms with E-state index >= 15 is 0 Å². The molecule has 2 nitrogen and oxygen atoms in total. The summed E-state index contributed by atoms with van der Waals surface area (Å²) in [6.45, 7) is 3.90. The number of hydrogen-bond donors (Lipinski definition) is 1. The van der Waals surface area contributed by atoms with Crippen LogP contribution in [0.1, 0.15) is 12.5 Å². The predicted molar refractivity (Wildman–Crippen MR) is 54.2 cm³/mol. The van der Waals surface area contributed by atoms with E-state index in [1.165, 1.54) is 11.6 Å². The third-order valence-corrected chi connectivity index (χ3v) is 1.76. The van der Waals surface area contributed by atoms with E-state index in [0.717, 1.165) is 11.4 Å². The highest BCUT2D eigenvalue weighted by Gasteiger charge is 1.95. The molecule has 1 aromatic carbocycles. The van der Waals surface area contributed by atoms with Crippen molar-refractivity contribution >= 4 is 5.69 Å². The van der Waals surface area contributed by atoms with Crippen LogP contribution in [0.25, 0.3) is 0 Å². The molecule has 0 amide bonds. The highest BCUT2D eigenvalue weighted by Crippen LogP contribution is 2.14. The topological polar surface area (TPSA) is 35.8 Å². The van der Waals surface area contributed by atoms with Crippen LogP contribution in [-0.4, -0.2) is 0 Å². The maximum atomic E-state index is 8.42. The minimum atomic E-state index is 0.858. The van der Waals surface area contributed by atoms with Gasteiger partial charge in [-0.3, -0.25) is 0 Å². The summed E-state index contributed by atoms with van der Waals surface area (Å²) in [6, 6.07) is 9.96. The van der Waals surface area contributed by atoms with E-state index in [0.29, 0.717) is 0 Å². The SMILES string of the molecule is C/C(=C/C#N)Nc1ccccc1C. The largest absolute Gasteiger partial charge is 0.358 e. The maximum Gasteiger partial charge on any atom is 0.0930 e. The van der Waals surface area contributed by atoms with Gasteiger partial charge in [-0.2, -0.15) is 5.26 Å². The van der Waals surface area contributed by atoms with Crippen LogP contribution in [0.4, 0.5) is 5.69 Å². The monoisotopic (exact) mass is 172 g/mol. The summed E-state index contributed by atoms with van der Waals surface area (Å²) in [5, 5.41) is 11.6. The van der Waals surface area contributed by atoms with Gasteiger partial charge in [0, 0.05) is 17.5 Å². The fourth-order valence-electron chi connectivity index (χ4n) is 1.06. The summed E-state index contributed by atoms with van der Waals surface area (Å²) in [5.41, 5.74) is 3.08. The smallest absolute Gasteiger partial charge is 0.0930 e. The molecule has 0 atom stereocenters. The Morgan fingerprint density at radius 2 is 2.15 bits per heavy atom. The van der Waals surface area contributed by atoms with Crippen molar-refractivity contribution in [3.05, 3.63) is 41.6 Å². The van der Waals surface area contributed by atoms with Gasteiger partial charge < -0.3 is 5.32 Å². The van der Waals surface area contributed by atoms with Crippen LogP contribution in [0, 0.1) is 18.3 Å². The molecule has 0 saturated carbocycles. The Balaban J connectivity index is 2.82. The number of aryl methyl sites for hydroxylation is 1. The molecule has 13 heavy (non-hydrogen) atoms. The highest BCUT2D eigenvalue weighted by atomic mass is 14.9. The highest BCUT2D eigenvalue weighted by molar-refractivity contribution is 5.54. The minimum absolute atomic E-state index is 0.858. The zero-order valence-corrected chi connectivity index (χ0v) is 7.83. The number of nitriles is 1. The van der Waals surface area contributed by atoms with Crippen LogP contribution < -0.4 is 5.32 Å². The van der Waals surface area contributed by atoms with Gasteiger partial charge in [-0.1, -0.05) is 18.2 Å². The van der Waals surface area contributed by atoms with Gasteiger partial charge in [0.05, 0.1) is 6.07 Å². The quantitative estimate of drug-likeness (QED) is 0.696. The van der Waals surface area contributed by atoms with Crippen molar-refractivity contribution in [3.63, 3.8) is 0 Å². The first-order valence-corrected chi connectivity index (χ1v) is 4.13.